The number of hydrogen-bond donors (Lipinski definition) is 2. The molecule has 0 saturated carbocycles. The van der Waals surface area contributed by atoms with Gasteiger partial charge in [0.05, 0.1) is 17.8 Å². The molecule has 0 spiro atoms. The van der Waals surface area contributed by atoms with Crippen LogP contribution in [0.1, 0.15) is 26.5 Å². The molecule has 2 N–H and O–H groups in total. The van der Waals surface area contributed by atoms with Crippen LogP contribution in [0.15, 0.2) is 10.4 Å². The molecule has 0 saturated heterocycles. The van der Waals surface area contributed by atoms with Gasteiger partial charge in [-0.05, 0) is 20.8 Å². The van der Waals surface area contributed by atoms with Crippen LogP contribution >= 0.6 is 11.3 Å². The molecule has 1 aromatic rings. The minimum Gasteiger partial charge on any atom is -0.377 e. The van der Waals surface area contributed by atoms with Gasteiger partial charge in [-0.1, -0.05) is 0 Å². The Morgan fingerprint density at radius 1 is 1.43 bits per heavy atom. The highest BCUT2D eigenvalue weighted by Gasteiger charge is 2.16. The zero-order valence-electron chi connectivity index (χ0n) is 13.9. The third-order valence-corrected chi connectivity index (χ3v) is 3.96. The van der Waals surface area contributed by atoms with Crippen LogP contribution in [0.5, 0.6) is 0 Å². The van der Waals surface area contributed by atoms with Gasteiger partial charge in [-0.3, -0.25) is 0 Å². The molecule has 0 amide bonds. The summed E-state index contributed by atoms with van der Waals surface area (Å²) in [6.45, 7) is 8.19. The highest BCUT2D eigenvalue weighted by Crippen LogP contribution is 2.18. The van der Waals surface area contributed by atoms with E-state index in [1.165, 1.54) is 0 Å². The minimum atomic E-state index is -0.227. The number of nitrogens with one attached hydrogen (secondary N) is 2. The standard InChI is InChI=1S/C14H27N5OS/c1-7-15-12(17-10-14(2,3)20-6)16-8-11-9-21-13(18-11)19(4)5/h9H,7-8,10H2,1-6H3,(H2,15,16,17). The zero-order chi connectivity index (χ0) is 15.9. The van der Waals surface area contributed by atoms with Gasteiger partial charge in [0.15, 0.2) is 11.1 Å². The molecule has 1 heterocycles. The molecular weight excluding hydrogens is 286 g/mol. The van der Waals surface area contributed by atoms with E-state index >= 15 is 0 Å². The van der Waals surface area contributed by atoms with E-state index in [1.807, 2.05) is 45.1 Å². The summed E-state index contributed by atoms with van der Waals surface area (Å²) in [6, 6.07) is 0. The topological polar surface area (TPSA) is 61.8 Å². The summed E-state index contributed by atoms with van der Waals surface area (Å²) in [5, 5.41) is 9.56. The molecule has 0 aromatic carbocycles. The van der Waals surface area contributed by atoms with Crippen molar-refractivity contribution in [3.63, 3.8) is 0 Å². The predicted octanol–water partition coefficient (Wildman–Crippen LogP) is 1.69. The van der Waals surface area contributed by atoms with Crippen LogP contribution in [-0.4, -0.2) is 50.8 Å². The van der Waals surface area contributed by atoms with Crippen LogP contribution in [0.2, 0.25) is 0 Å². The van der Waals surface area contributed by atoms with Crippen molar-refractivity contribution in [1.82, 2.24) is 15.6 Å². The molecule has 0 radical (unpaired) electrons. The van der Waals surface area contributed by atoms with Crippen molar-refractivity contribution in [3.8, 4) is 0 Å². The fourth-order valence-electron chi connectivity index (χ4n) is 1.44. The van der Waals surface area contributed by atoms with Crippen LogP contribution < -0.4 is 15.5 Å². The lowest BCUT2D eigenvalue weighted by molar-refractivity contribution is 0.0268. The van der Waals surface area contributed by atoms with Gasteiger partial charge >= 0.3 is 0 Å². The van der Waals surface area contributed by atoms with E-state index in [0.717, 1.165) is 23.3 Å². The average molecular weight is 313 g/mol. The lowest BCUT2D eigenvalue weighted by atomic mass is 10.1. The van der Waals surface area contributed by atoms with Crippen molar-refractivity contribution < 1.29 is 4.74 Å². The monoisotopic (exact) mass is 313 g/mol. The van der Waals surface area contributed by atoms with E-state index in [1.54, 1.807) is 18.4 Å². The highest BCUT2D eigenvalue weighted by atomic mass is 32.1. The number of aliphatic imine (C=N–C) groups is 1. The summed E-state index contributed by atoms with van der Waals surface area (Å²) in [4.78, 5) is 11.1. The SMILES string of the molecule is CCNC(=NCc1csc(N(C)C)n1)NCC(C)(C)OC. The Labute approximate surface area is 131 Å². The second kappa shape index (κ2) is 8.19. The van der Waals surface area contributed by atoms with Gasteiger partial charge in [-0.15, -0.1) is 11.3 Å². The van der Waals surface area contributed by atoms with Gasteiger partial charge in [0.1, 0.15) is 0 Å². The molecular formula is C14H27N5OS. The van der Waals surface area contributed by atoms with Gasteiger partial charge < -0.3 is 20.3 Å². The van der Waals surface area contributed by atoms with Crippen molar-refractivity contribution in [2.75, 3.05) is 39.2 Å². The summed E-state index contributed by atoms with van der Waals surface area (Å²) in [7, 11) is 5.69. The highest BCUT2D eigenvalue weighted by molar-refractivity contribution is 7.13. The number of nitrogens with zero attached hydrogens (tertiary/aromatic N) is 3. The minimum absolute atomic E-state index is 0.227. The Balaban J connectivity index is 2.62. The maximum atomic E-state index is 5.40. The Hall–Kier alpha value is -1.34. The number of thiazole rings is 1. The lowest BCUT2D eigenvalue weighted by Crippen LogP contribution is -2.45. The normalized spacial score (nSPS) is 12.4. The first-order valence-corrected chi connectivity index (χ1v) is 7.95. The van der Waals surface area contributed by atoms with Gasteiger partial charge in [0.2, 0.25) is 0 Å². The second-order valence-corrected chi connectivity index (χ2v) is 6.36. The molecule has 0 bridgehead atoms. The fraction of sp³-hybridized carbons (Fsp3) is 0.714. The van der Waals surface area contributed by atoms with Crippen molar-refractivity contribution >= 4 is 22.4 Å². The maximum absolute atomic E-state index is 5.40. The number of anilines is 1. The Morgan fingerprint density at radius 3 is 2.67 bits per heavy atom. The number of hydrogen-bond acceptors (Lipinski definition) is 5. The predicted molar refractivity (Wildman–Crippen MR) is 90.3 cm³/mol. The Bertz CT molecular complexity index is 456. The number of methoxy groups -OCH3 is 1. The first kappa shape index (κ1) is 17.7. The van der Waals surface area contributed by atoms with Crippen molar-refractivity contribution in [1.29, 1.82) is 0 Å². The zero-order valence-corrected chi connectivity index (χ0v) is 14.7. The van der Waals surface area contributed by atoms with Crippen molar-refractivity contribution in [2.24, 2.45) is 4.99 Å². The quantitative estimate of drug-likeness (QED) is 0.592. The molecule has 0 aliphatic carbocycles. The lowest BCUT2D eigenvalue weighted by Gasteiger charge is -2.24. The van der Waals surface area contributed by atoms with Crippen LogP contribution in [-0.2, 0) is 11.3 Å². The molecule has 0 aliphatic heterocycles. The number of aromatic nitrogens is 1. The maximum Gasteiger partial charge on any atom is 0.191 e. The molecule has 0 fully saturated rings. The Kier molecular flexibility index (Phi) is 6.91. The molecule has 120 valence electrons. The first-order valence-electron chi connectivity index (χ1n) is 7.07. The van der Waals surface area contributed by atoms with Gasteiger partial charge in [0.25, 0.3) is 0 Å². The largest absolute Gasteiger partial charge is 0.377 e. The van der Waals surface area contributed by atoms with Gasteiger partial charge in [-0.25, -0.2) is 9.98 Å². The van der Waals surface area contributed by atoms with Crippen LogP contribution in [0.4, 0.5) is 5.13 Å². The van der Waals surface area contributed by atoms with Crippen molar-refractivity contribution in [2.45, 2.75) is 32.9 Å². The molecule has 1 rings (SSSR count). The summed E-state index contributed by atoms with van der Waals surface area (Å²) in [5.74, 6) is 0.780. The molecule has 21 heavy (non-hydrogen) atoms. The average Bonchev–Trinajstić information content (AvgIpc) is 2.91. The number of guanidine groups is 1. The second-order valence-electron chi connectivity index (χ2n) is 5.53. The third-order valence-electron chi connectivity index (χ3n) is 2.90. The molecule has 0 atom stereocenters. The van der Waals surface area contributed by atoms with E-state index < -0.39 is 0 Å². The summed E-state index contributed by atoms with van der Waals surface area (Å²) in [5.41, 5.74) is 0.751. The van der Waals surface area contributed by atoms with Gasteiger partial charge in [-0.2, -0.15) is 0 Å². The van der Waals surface area contributed by atoms with Crippen LogP contribution in [0.25, 0.3) is 0 Å². The Morgan fingerprint density at radius 2 is 2.14 bits per heavy atom. The number of rotatable bonds is 7. The van der Waals surface area contributed by atoms with E-state index in [2.05, 4.69) is 20.6 Å². The summed E-state index contributed by atoms with van der Waals surface area (Å²) in [6.07, 6.45) is 0. The molecule has 0 unspecified atom stereocenters. The van der Waals surface area contributed by atoms with E-state index in [4.69, 9.17) is 4.74 Å². The summed E-state index contributed by atoms with van der Waals surface area (Å²) >= 11 is 1.63. The molecule has 0 aliphatic rings. The summed E-state index contributed by atoms with van der Waals surface area (Å²) < 4.78 is 5.40. The van der Waals surface area contributed by atoms with Gasteiger partial charge in [0, 0.05) is 39.7 Å². The number of ether oxygens (including phenoxy) is 1. The van der Waals surface area contributed by atoms with Crippen LogP contribution in [0.3, 0.4) is 0 Å². The smallest absolute Gasteiger partial charge is 0.191 e. The first-order chi connectivity index (χ1) is 9.88. The third kappa shape index (κ3) is 6.31. The van der Waals surface area contributed by atoms with Crippen LogP contribution in [0, 0.1) is 0 Å². The molecule has 6 nitrogen and oxygen atoms in total. The van der Waals surface area contributed by atoms with E-state index in [9.17, 15) is 0 Å². The van der Waals surface area contributed by atoms with E-state index in [-0.39, 0.29) is 5.60 Å². The van der Waals surface area contributed by atoms with E-state index in [0.29, 0.717) is 13.1 Å². The van der Waals surface area contributed by atoms with Crippen molar-refractivity contribution in [3.05, 3.63) is 11.1 Å². The molecule has 7 heteroatoms. The molecule has 1 aromatic heterocycles. The fourth-order valence-corrected chi connectivity index (χ4v) is 2.19.